The molecule has 2 N–H and O–H groups in total. The molecule has 1 amide bonds. The first-order valence-corrected chi connectivity index (χ1v) is 13.5. The molecule has 0 saturated heterocycles. The molecule has 7 nitrogen and oxygen atoms in total. The van der Waals surface area contributed by atoms with Gasteiger partial charge in [-0.3, -0.25) is 9.78 Å². The first kappa shape index (κ1) is 26.2. The molecule has 194 valence electrons. The lowest BCUT2D eigenvalue weighted by Crippen LogP contribution is -2.17. The van der Waals surface area contributed by atoms with Crippen molar-refractivity contribution in [3.05, 3.63) is 86.7 Å². The largest absolute Gasteiger partial charge is 0.436 e. The summed E-state index contributed by atoms with van der Waals surface area (Å²) in [6.07, 6.45) is 2.11. The lowest BCUT2D eigenvalue weighted by molar-refractivity contribution is -0.113. The summed E-state index contributed by atoms with van der Waals surface area (Å²) in [5, 5.41) is 14.1. The Balaban J connectivity index is 1.50. The minimum atomic E-state index is -0.160. The van der Waals surface area contributed by atoms with Crippen molar-refractivity contribution in [2.45, 2.75) is 45.7 Å². The second kappa shape index (κ2) is 10.7. The maximum atomic E-state index is 13.0. The molecule has 9 heteroatoms. The third kappa shape index (κ3) is 5.12. The van der Waals surface area contributed by atoms with Gasteiger partial charge in [-0.1, -0.05) is 53.2 Å². The fraction of sp³-hybridized carbons (Fsp3) is 0.241. The number of pyridine rings is 1. The zero-order valence-electron chi connectivity index (χ0n) is 21.6. The van der Waals surface area contributed by atoms with Crippen LogP contribution in [0.4, 0.5) is 5.69 Å². The van der Waals surface area contributed by atoms with Gasteiger partial charge in [0.25, 0.3) is 0 Å². The number of carbonyl (C=O) groups is 1. The molecule has 0 fully saturated rings. The first-order chi connectivity index (χ1) is 18.2. The number of nitrogens with one attached hydrogen (secondary N) is 1. The Bertz CT molecular complexity index is 1550. The average molecular weight is 547 g/mol. The van der Waals surface area contributed by atoms with Gasteiger partial charge in [-0.15, -0.1) is 0 Å². The minimum absolute atomic E-state index is 0.134. The molecule has 0 spiro atoms. The molecule has 0 saturated carbocycles. The van der Waals surface area contributed by atoms with E-state index < -0.39 is 0 Å². The Morgan fingerprint density at radius 2 is 1.84 bits per heavy atom. The number of rotatable bonds is 6. The number of halogens is 1. The van der Waals surface area contributed by atoms with Gasteiger partial charge in [-0.2, -0.15) is 4.98 Å². The second-order valence-electron chi connectivity index (χ2n) is 9.34. The van der Waals surface area contributed by atoms with Crippen LogP contribution >= 0.6 is 23.4 Å². The highest BCUT2D eigenvalue weighted by Crippen LogP contribution is 2.43. The van der Waals surface area contributed by atoms with Crippen LogP contribution in [0.1, 0.15) is 39.1 Å². The molecular weight excluding hydrogens is 520 g/mol. The molecule has 3 heterocycles. The quantitative estimate of drug-likeness (QED) is 0.189. The summed E-state index contributed by atoms with van der Waals surface area (Å²) in [4.78, 5) is 26.9. The smallest absolute Gasteiger partial charge is 0.234 e. The SMILES string of the molecule is Cc1cc(C)c(NC(=O)CSc2nc(-c3ccccc3Cl)nc3c2Cc2c(CO)cnc(C)c2O3)c(C)c1. The van der Waals surface area contributed by atoms with Gasteiger partial charge in [0, 0.05) is 35.0 Å². The highest BCUT2D eigenvalue weighted by atomic mass is 35.5. The number of aliphatic hydroxyl groups excluding tert-OH is 1. The highest BCUT2D eigenvalue weighted by molar-refractivity contribution is 8.00. The van der Waals surface area contributed by atoms with Crippen LogP contribution in [0.15, 0.2) is 47.6 Å². The molecule has 0 atom stereocenters. The maximum Gasteiger partial charge on any atom is 0.234 e. The molecule has 0 unspecified atom stereocenters. The van der Waals surface area contributed by atoms with E-state index in [-0.39, 0.29) is 18.3 Å². The van der Waals surface area contributed by atoms with E-state index in [2.05, 4.69) is 22.4 Å². The first-order valence-electron chi connectivity index (χ1n) is 12.2. The van der Waals surface area contributed by atoms with Gasteiger partial charge in [0.2, 0.25) is 11.8 Å². The molecule has 5 rings (SSSR count). The summed E-state index contributed by atoms with van der Waals surface area (Å²) in [5.74, 6) is 1.41. The van der Waals surface area contributed by atoms with Crippen LogP contribution in [0.5, 0.6) is 11.6 Å². The van der Waals surface area contributed by atoms with E-state index in [1.165, 1.54) is 11.8 Å². The number of thioether (sulfide) groups is 1. The molecule has 4 aromatic rings. The van der Waals surface area contributed by atoms with E-state index in [0.717, 1.165) is 33.5 Å². The highest BCUT2D eigenvalue weighted by Gasteiger charge is 2.28. The van der Waals surface area contributed by atoms with Gasteiger partial charge in [0.05, 0.1) is 28.6 Å². The van der Waals surface area contributed by atoms with Crippen LogP contribution in [0.3, 0.4) is 0 Å². The van der Waals surface area contributed by atoms with E-state index in [1.807, 2.05) is 45.9 Å². The summed E-state index contributed by atoms with van der Waals surface area (Å²) in [6, 6.07) is 11.4. The normalized spacial score (nSPS) is 11.9. The van der Waals surface area contributed by atoms with Crippen molar-refractivity contribution < 1.29 is 14.6 Å². The molecule has 2 aromatic heterocycles. The number of hydrogen-bond donors (Lipinski definition) is 2. The number of anilines is 1. The Morgan fingerprint density at radius 1 is 1.11 bits per heavy atom. The van der Waals surface area contributed by atoms with Gasteiger partial charge in [-0.25, -0.2) is 4.98 Å². The summed E-state index contributed by atoms with van der Waals surface area (Å²) in [6.45, 7) is 7.72. The van der Waals surface area contributed by atoms with Crippen molar-refractivity contribution in [3.8, 4) is 23.0 Å². The van der Waals surface area contributed by atoms with E-state index >= 15 is 0 Å². The fourth-order valence-electron chi connectivity index (χ4n) is 4.66. The van der Waals surface area contributed by atoms with Crippen LogP contribution in [-0.4, -0.2) is 31.7 Å². The Labute approximate surface area is 230 Å². The number of aryl methyl sites for hydroxylation is 4. The monoisotopic (exact) mass is 546 g/mol. The summed E-state index contributed by atoms with van der Waals surface area (Å²) in [7, 11) is 0. The number of benzene rings is 2. The maximum absolute atomic E-state index is 13.0. The van der Waals surface area contributed by atoms with Crippen LogP contribution in [0.2, 0.25) is 5.02 Å². The van der Waals surface area contributed by atoms with Crippen molar-refractivity contribution >= 4 is 35.0 Å². The predicted molar refractivity (Wildman–Crippen MR) is 150 cm³/mol. The van der Waals surface area contributed by atoms with E-state index in [1.54, 1.807) is 12.3 Å². The van der Waals surface area contributed by atoms with Crippen LogP contribution in [-0.2, 0) is 17.8 Å². The Kier molecular flexibility index (Phi) is 7.38. The average Bonchev–Trinajstić information content (AvgIpc) is 2.89. The molecule has 0 radical (unpaired) electrons. The summed E-state index contributed by atoms with van der Waals surface area (Å²) in [5.41, 5.74) is 7.69. The fourth-order valence-corrected chi connectivity index (χ4v) is 5.71. The number of fused-ring (bicyclic) bond motifs is 2. The zero-order valence-corrected chi connectivity index (χ0v) is 23.1. The number of aromatic nitrogens is 3. The number of ether oxygens (including phenoxy) is 1. The van der Waals surface area contributed by atoms with Crippen molar-refractivity contribution in [1.82, 2.24) is 15.0 Å². The third-order valence-corrected chi connectivity index (χ3v) is 7.80. The predicted octanol–water partition coefficient (Wildman–Crippen LogP) is 6.35. The van der Waals surface area contributed by atoms with Gasteiger partial charge in [0.1, 0.15) is 5.03 Å². The second-order valence-corrected chi connectivity index (χ2v) is 10.7. The van der Waals surface area contributed by atoms with E-state index in [4.69, 9.17) is 26.3 Å². The van der Waals surface area contributed by atoms with Crippen LogP contribution in [0.25, 0.3) is 11.4 Å². The van der Waals surface area contributed by atoms with Crippen molar-refractivity contribution in [2.24, 2.45) is 0 Å². The Morgan fingerprint density at radius 3 is 2.55 bits per heavy atom. The molecule has 2 aromatic carbocycles. The molecule has 1 aliphatic heterocycles. The van der Waals surface area contributed by atoms with Crippen molar-refractivity contribution in [1.29, 1.82) is 0 Å². The van der Waals surface area contributed by atoms with Crippen LogP contribution in [0, 0.1) is 27.7 Å². The molecule has 0 aliphatic carbocycles. The van der Waals surface area contributed by atoms with Gasteiger partial charge >= 0.3 is 0 Å². The molecule has 38 heavy (non-hydrogen) atoms. The minimum Gasteiger partial charge on any atom is -0.436 e. The van der Waals surface area contributed by atoms with Gasteiger partial charge in [0.15, 0.2) is 11.6 Å². The Hall–Kier alpha value is -3.46. The van der Waals surface area contributed by atoms with Crippen molar-refractivity contribution in [3.63, 3.8) is 0 Å². The topological polar surface area (TPSA) is 97.2 Å². The van der Waals surface area contributed by atoms with Gasteiger partial charge in [-0.05, 0) is 51.0 Å². The zero-order chi connectivity index (χ0) is 27.0. The molecular formula is C29H27ClN4O3S. The number of amides is 1. The number of hydrogen-bond acceptors (Lipinski definition) is 7. The number of aliphatic hydroxyl groups is 1. The van der Waals surface area contributed by atoms with Crippen molar-refractivity contribution in [2.75, 3.05) is 11.1 Å². The van der Waals surface area contributed by atoms with Crippen LogP contribution < -0.4 is 10.1 Å². The van der Waals surface area contributed by atoms with E-state index in [0.29, 0.717) is 50.7 Å². The third-order valence-electron chi connectivity index (χ3n) is 6.45. The number of carbonyl (C=O) groups excluding carboxylic acids is 1. The summed E-state index contributed by atoms with van der Waals surface area (Å²) >= 11 is 7.79. The van der Waals surface area contributed by atoms with Gasteiger partial charge < -0.3 is 15.2 Å². The number of nitrogens with zero attached hydrogens (tertiary/aromatic N) is 3. The van der Waals surface area contributed by atoms with E-state index in [9.17, 15) is 9.90 Å². The summed E-state index contributed by atoms with van der Waals surface area (Å²) < 4.78 is 6.26. The molecule has 0 bridgehead atoms. The standard InChI is InChI=1S/C29H27ClN4O3S/c1-15-9-16(2)25(17(3)10-15)32-24(36)14-38-29-22-11-21-19(13-35)12-31-18(4)26(21)37-28(22)33-27(34-29)20-7-5-6-8-23(20)30/h5-10,12,35H,11,13-14H2,1-4H3,(H,32,36). The molecule has 1 aliphatic rings. The lowest BCUT2D eigenvalue weighted by Gasteiger charge is -2.24. The lowest BCUT2D eigenvalue weighted by atomic mass is 9.99.